The second kappa shape index (κ2) is 4.19. The zero-order valence-electron chi connectivity index (χ0n) is 5.80. The first-order valence-electron chi connectivity index (χ1n) is 3.12. The molecule has 58 valence electrons. The fourth-order valence-electron chi connectivity index (χ4n) is 0.704. The second-order valence-electron chi connectivity index (χ2n) is 2.00. The Morgan fingerprint density at radius 3 is 2.55 bits per heavy atom. The Hall–Kier alpha value is -0.760. The molecule has 3 nitrogen and oxygen atoms in total. The van der Waals surface area contributed by atoms with E-state index in [4.69, 9.17) is 4.89 Å². The zero-order chi connectivity index (χ0) is 8.10. The van der Waals surface area contributed by atoms with Crippen LogP contribution in [-0.2, 0) is 15.7 Å². The first kappa shape index (κ1) is 8.34. The van der Waals surface area contributed by atoms with Crippen LogP contribution >= 0.6 is 8.25 Å². The molecular weight excluding hydrogens is 163 g/mol. The van der Waals surface area contributed by atoms with Crippen LogP contribution in [0, 0.1) is 0 Å². The maximum absolute atomic E-state index is 10.1. The van der Waals surface area contributed by atoms with Crippen molar-refractivity contribution in [2.75, 3.05) is 0 Å². The topological polar surface area (TPSA) is 46.5 Å². The van der Waals surface area contributed by atoms with Crippen molar-refractivity contribution in [3.63, 3.8) is 0 Å². The minimum absolute atomic E-state index is 0.187. The molecule has 0 heterocycles. The number of hydrogen-bond donors (Lipinski definition) is 1. The highest BCUT2D eigenvalue weighted by Gasteiger charge is 2.10. The minimum atomic E-state index is -2.47. The highest BCUT2D eigenvalue weighted by atomic mass is 31.1. The predicted octanol–water partition coefficient (Wildman–Crippen LogP) is 1.85. The fraction of sp³-hybridized carbons (Fsp3) is 0.143. The van der Waals surface area contributed by atoms with Crippen molar-refractivity contribution in [3.8, 4) is 0 Å². The Bertz CT molecular complexity index is 235. The molecule has 0 spiro atoms. The monoisotopic (exact) mass is 171 g/mol. The molecule has 11 heavy (non-hydrogen) atoms. The van der Waals surface area contributed by atoms with E-state index in [-0.39, 0.29) is 6.61 Å². The molecule has 1 aromatic rings. The van der Waals surface area contributed by atoms with Gasteiger partial charge >= 0.3 is 8.25 Å². The summed E-state index contributed by atoms with van der Waals surface area (Å²) in [5.41, 5.74) is 0.893. The fourth-order valence-corrected chi connectivity index (χ4v) is 0.964. The van der Waals surface area contributed by atoms with Crippen molar-refractivity contribution < 1.29 is 14.0 Å². The van der Waals surface area contributed by atoms with Gasteiger partial charge in [0.1, 0.15) is 6.61 Å². The predicted molar refractivity (Wildman–Crippen MR) is 41.1 cm³/mol. The lowest BCUT2D eigenvalue weighted by atomic mass is 10.2. The van der Waals surface area contributed by atoms with E-state index < -0.39 is 8.25 Å². The average Bonchev–Trinajstić information content (AvgIpc) is 2.03. The quantitative estimate of drug-likeness (QED) is 0.706. The van der Waals surface area contributed by atoms with Crippen molar-refractivity contribution in [1.29, 1.82) is 0 Å². The molecule has 4 heteroatoms. The van der Waals surface area contributed by atoms with E-state index in [0.29, 0.717) is 0 Å². The molecule has 0 fully saturated rings. The Balaban J connectivity index is 2.45. The molecule has 0 amide bonds. The number of hydrogen-bond acceptors (Lipinski definition) is 2. The molecule has 1 aromatic carbocycles. The van der Waals surface area contributed by atoms with Crippen molar-refractivity contribution in [2.24, 2.45) is 0 Å². The molecule has 0 radical (unpaired) electrons. The standard InChI is InChI=1S/C7H7O3P/c8-11(9)10-6-7-4-2-1-3-5-7/h1-5H,6H2/p+1. The number of benzene rings is 1. The van der Waals surface area contributed by atoms with Gasteiger partial charge in [-0.25, -0.2) is 0 Å². The summed E-state index contributed by atoms with van der Waals surface area (Å²) in [7, 11) is -2.47. The normalized spacial score (nSPS) is 11.2. The van der Waals surface area contributed by atoms with Crippen LogP contribution in [0.3, 0.4) is 0 Å². The Morgan fingerprint density at radius 1 is 1.36 bits per heavy atom. The lowest BCUT2D eigenvalue weighted by Gasteiger charge is -1.90. The van der Waals surface area contributed by atoms with Gasteiger partial charge in [-0.15, -0.1) is 9.42 Å². The Morgan fingerprint density at radius 2 is 2.00 bits per heavy atom. The molecule has 0 aromatic heterocycles. The van der Waals surface area contributed by atoms with Gasteiger partial charge in [0.25, 0.3) is 0 Å². The van der Waals surface area contributed by atoms with Crippen LogP contribution in [0.15, 0.2) is 30.3 Å². The Kier molecular flexibility index (Phi) is 3.17. The molecule has 1 rings (SSSR count). The van der Waals surface area contributed by atoms with Crippen molar-refractivity contribution in [1.82, 2.24) is 0 Å². The van der Waals surface area contributed by atoms with Gasteiger partial charge < -0.3 is 0 Å². The van der Waals surface area contributed by atoms with Gasteiger partial charge in [-0.05, 0) is 5.56 Å². The molecule has 1 atom stereocenters. The molecule has 0 aliphatic heterocycles. The van der Waals surface area contributed by atoms with Crippen LogP contribution < -0.4 is 0 Å². The van der Waals surface area contributed by atoms with Gasteiger partial charge in [0.2, 0.25) is 0 Å². The van der Waals surface area contributed by atoms with E-state index in [9.17, 15) is 4.57 Å². The average molecular weight is 171 g/mol. The van der Waals surface area contributed by atoms with Gasteiger partial charge in [-0.1, -0.05) is 30.3 Å². The Labute approximate surface area is 65.6 Å². The largest absolute Gasteiger partial charge is 0.695 e. The summed E-state index contributed by atoms with van der Waals surface area (Å²) in [5.74, 6) is 0. The van der Waals surface area contributed by atoms with Crippen LogP contribution in [0.5, 0.6) is 0 Å². The summed E-state index contributed by atoms with van der Waals surface area (Å²) in [5, 5.41) is 0. The molecule has 0 aliphatic carbocycles. The third-order valence-electron chi connectivity index (χ3n) is 1.18. The maximum Gasteiger partial charge on any atom is 0.695 e. The summed E-state index contributed by atoms with van der Waals surface area (Å²) in [6.45, 7) is 0.187. The van der Waals surface area contributed by atoms with Crippen molar-refractivity contribution in [3.05, 3.63) is 35.9 Å². The lowest BCUT2D eigenvalue weighted by Crippen LogP contribution is -1.83. The van der Waals surface area contributed by atoms with Gasteiger partial charge in [0.05, 0.1) is 0 Å². The van der Waals surface area contributed by atoms with E-state index in [1.54, 1.807) is 0 Å². The van der Waals surface area contributed by atoms with E-state index in [2.05, 4.69) is 4.52 Å². The van der Waals surface area contributed by atoms with Gasteiger partial charge in [0, 0.05) is 4.57 Å². The van der Waals surface area contributed by atoms with Crippen LogP contribution in [0.1, 0.15) is 5.56 Å². The van der Waals surface area contributed by atoms with Crippen LogP contribution in [0.25, 0.3) is 0 Å². The summed E-state index contributed by atoms with van der Waals surface area (Å²) >= 11 is 0. The molecular formula is C7H8O3P+. The van der Waals surface area contributed by atoms with Crippen LogP contribution in [0.2, 0.25) is 0 Å². The van der Waals surface area contributed by atoms with Crippen molar-refractivity contribution >= 4 is 8.25 Å². The van der Waals surface area contributed by atoms with E-state index >= 15 is 0 Å². The SMILES string of the molecule is O=[P+](O)OCc1ccccc1. The molecule has 0 saturated carbocycles. The summed E-state index contributed by atoms with van der Waals surface area (Å²) in [6.07, 6.45) is 0. The van der Waals surface area contributed by atoms with Crippen molar-refractivity contribution in [2.45, 2.75) is 6.61 Å². The molecule has 0 bridgehead atoms. The molecule has 0 saturated heterocycles. The zero-order valence-corrected chi connectivity index (χ0v) is 6.70. The van der Waals surface area contributed by atoms with Crippen LogP contribution in [0.4, 0.5) is 0 Å². The van der Waals surface area contributed by atoms with E-state index in [1.807, 2.05) is 30.3 Å². The molecule has 0 aliphatic rings. The lowest BCUT2D eigenvalue weighted by molar-refractivity contribution is 0.272. The van der Waals surface area contributed by atoms with E-state index in [0.717, 1.165) is 5.56 Å². The first-order valence-corrected chi connectivity index (χ1v) is 4.25. The van der Waals surface area contributed by atoms with Gasteiger partial charge in [-0.2, -0.15) is 0 Å². The highest BCUT2D eigenvalue weighted by Crippen LogP contribution is 2.17. The summed E-state index contributed by atoms with van der Waals surface area (Å²) < 4.78 is 14.6. The number of rotatable bonds is 3. The molecule has 1 unspecified atom stereocenters. The third kappa shape index (κ3) is 3.23. The maximum atomic E-state index is 10.1. The van der Waals surface area contributed by atoms with Gasteiger partial charge in [-0.3, -0.25) is 0 Å². The smallest absolute Gasteiger partial charge is 0.133 e. The summed E-state index contributed by atoms with van der Waals surface area (Å²) in [4.78, 5) is 8.30. The first-order chi connectivity index (χ1) is 5.29. The summed E-state index contributed by atoms with van der Waals surface area (Å²) in [6, 6.07) is 9.24. The van der Waals surface area contributed by atoms with Gasteiger partial charge in [0.15, 0.2) is 0 Å². The van der Waals surface area contributed by atoms with Crippen LogP contribution in [-0.4, -0.2) is 4.89 Å². The third-order valence-corrected chi connectivity index (χ3v) is 1.53. The second-order valence-corrected chi connectivity index (χ2v) is 2.73. The minimum Gasteiger partial charge on any atom is -0.133 e. The van der Waals surface area contributed by atoms with E-state index in [1.165, 1.54) is 0 Å². The highest BCUT2D eigenvalue weighted by molar-refractivity contribution is 7.32. The molecule has 1 N–H and O–H groups in total.